The Morgan fingerprint density at radius 3 is 1.92 bits per heavy atom. The number of rotatable bonds is 2. The van der Waals surface area contributed by atoms with Crippen LogP contribution in [-0.4, -0.2) is 21.4 Å². The smallest absolute Gasteiger partial charge is 0.122 e. The Labute approximate surface area is 74.6 Å². The SMILES string of the molecule is CCCC(C)(O)C#CC(C)(C)O. The molecule has 0 radical (unpaired) electrons. The van der Waals surface area contributed by atoms with Gasteiger partial charge in [0.2, 0.25) is 0 Å². The Balaban J connectivity index is 4.28. The van der Waals surface area contributed by atoms with E-state index >= 15 is 0 Å². The van der Waals surface area contributed by atoms with E-state index in [0.29, 0.717) is 6.42 Å². The van der Waals surface area contributed by atoms with Gasteiger partial charge in [-0.3, -0.25) is 0 Å². The summed E-state index contributed by atoms with van der Waals surface area (Å²) in [6.45, 7) is 6.85. The first kappa shape index (κ1) is 11.5. The molecule has 0 saturated heterocycles. The standard InChI is InChI=1S/C10H18O2/c1-5-6-10(4,12)8-7-9(2,3)11/h11-12H,5-6H2,1-4H3. The van der Waals surface area contributed by atoms with Crippen molar-refractivity contribution in [1.82, 2.24) is 0 Å². The minimum atomic E-state index is -1.02. The first-order chi connectivity index (χ1) is 5.27. The highest BCUT2D eigenvalue weighted by Gasteiger charge is 2.16. The molecule has 0 aromatic carbocycles. The molecular weight excluding hydrogens is 152 g/mol. The molecule has 70 valence electrons. The van der Waals surface area contributed by atoms with Crippen molar-refractivity contribution in [3.63, 3.8) is 0 Å². The first-order valence-electron chi connectivity index (χ1n) is 4.26. The van der Waals surface area contributed by atoms with Crippen LogP contribution in [0.15, 0.2) is 0 Å². The molecule has 0 aromatic rings. The van der Waals surface area contributed by atoms with Gasteiger partial charge in [0, 0.05) is 0 Å². The third-order valence-corrected chi connectivity index (χ3v) is 1.37. The van der Waals surface area contributed by atoms with Crippen LogP contribution in [0.2, 0.25) is 0 Å². The van der Waals surface area contributed by atoms with E-state index in [4.69, 9.17) is 0 Å². The van der Waals surface area contributed by atoms with Crippen molar-refractivity contribution in [1.29, 1.82) is 0 Å². The quantitative estimate of drug-likeness (QED) is 0.613. The van der Waals surface area contributed by atoms with Gasteiger partial charge in [-0.2, -0.15) is 0 Å². The molecule has 0 saturated carbocycles. The molecule has 0 bridgehead atoms. The molecule has 0 rings (SSSR count). The van der Waals surface area contributed by atoms with Crippen molar-refractivity contribution < 1.29 is 10.2 Å². The Bertz CT molecular complexity index is 188. The molecule has 1 atom stereocenters. The normalized spacial score (nSPS) is 16.2. The molecule has 2 nitrogen and oxygen atoms in total. The second-order valence-electron chi connectivity index (χ2n) is 3.83. The fraction of sp³-hybridized carbons (Fsp3) is 0.800. The van der Waals surface area contributed by atoms with E-state index in [2.05, 4.69) is 11.8 Å². The van der Waals surface area contributed by atoms with Gasteiger partial charge in [-0.05, 0) is 27.2 Å². The van der Waals surface area contributed by atoms with Crippen LogP contribution in [0.5, 0.6) is 0 Å². The molecule has 0 aliphatic rings. The van der Waals surface area contributed by atoms with Gasteiger partial charge >= 0.3 is 0 Å². The zero-order chi connectivity index (χ0) is 9.83. The molecule has 0 aliphatic heterocycles. The van der Waals surface area contributed by atoms with Crippen LogP contribution < -0.4 is 0 Å². The van der Waals surface area contributed by atoms with Crippen LogP contribution in [0.1, 0.15) is 40.5 Å². The largest absolute Gasteiger partial charge is 0.378 e. The lowest BCUT2D eigenvalue weighted by atomic mass is 10.00. The Kier molecular flexibility index (Phi) is 3.76. The van der Waals surface area contributed by atoms with Gasteiger partial charge in [-0.1, -0.05) is 25.2 Å². The highest BCUT2D eigenvalue weighted by atomic mass is 16.3. The van der Waals surface area contributed by atoms with Crippen molar-refractivity contribution in [3.05, 3.63) is 0 Å². The monoisotopic (exact) mass is 170 g/mol. The zero-order valence-corrected chi connectivity index (χ0v) is 8.31. The molecule has 0 heterocycles. The molecule has 0 fully saturated rings. The van der Waals surface area contributed by atoms with Crippen LogP contribution >= 0.6 is 0 Å². The van der Waals surface area contributed by atoms with Gasteiger partial charge in [-0.25, -0.2) is 0 Å². The summed E-state index contributed by atoms with van der Waals surface area (Å²) in [5.41, 5.74) is -1.98. The Hall–Kier alpha value is -0.520. The van der Waals surface area contributed by atoms with E-state index in [1.807, 2.05) is 6.92 Å². The number of aliphatic hydroxyl groups is 2. The molecule has 0 aliphatic carbocycles. The molecule has 1 unspecified atom stereocenters. The molecule has 2 N–H and O–H groups in total. The highest BCUT2D eigenvalue weighted by molar-refractivity contribution is 5.17. The van der Waals surface area contributed by atoms with Crippen molar-refractivity contribution in [2.24, 2.45) is 0 Å². The first-order valence-corrected chi connectivity index (χ1v) is 4.26. The minimum absolute atomic E-state index is 0.635. The van der Waals surface area contributed by atoms with Gasteiger partial charge in [-0.15, -0.1) is 0 Å². The zero-order valence-electron chi connectivity index (χ0n) is 8.31. The summed E-state index contributed by atoms with van der Waals surface area (Å²) in [6.07, 6.45) is 1.52. The lowest BCUT2D eigenvalue weighted by Gasteiger charge is -2.16. The summed E-state index contributed by atoms with van der Waals surface area (Å²) in [7, 11) is 0. The van der Waals surface area contributed by atoms with Crippen molar-refractivity contribution in [3.8, 4) is 11.8 Å². The fourth-order valence-corrected chi connectivity index (χ4v) is 0.837. The topological polar surface area (TPSA) is 40.5 Å². The second kappa shape index (κ2) is 3.93. The van der Waals surface area contributed by atoms with Crippen molar-refractivity contribution in [2.75, 3.05) is 0 Å². The van der Waals surface area contributed by atoms with E-state index < -0.39 is 11.2 Å². The summed E-state index contributed by atoms with van der Waals surface area (Å²) in [5, 5.41) is 18.9. The fourth-order valence-electron chi connectivity index (χ4n) is 0.837. The summed E-state index contributed by atoms with van der Waals surface area (Å²) in [6, 6.07) is 0. The van der Waals surface area contributed by atoms with Gasteiger partial charge in [0.1, 0.15) is 11.2 Å². The van der Waals surface area contributed by atoms with E-state index in [0.717, 1.165) is 6.42 Å². The minimum Gasteiger partial charge on any atom is -0.378 e. The van der Waals surface area contributed by atoms with Gasteiger partial charge in [0.25, 0.3) is 0 Å². The lowest BCUT2D eigenvalue weighted by molar-refractivity contribution is 0.107. The van der Waals surface area contributed by atoms with E-state index in [-0.39, 0.29) is 0 Å². The van der Waals surface area contributed by atoms with Crippen LogP contribution in [0, 0.1) is 11.8 Å². The van der Waals surface area contributed by atoms with Crippen LogP contribution in [0.3, 0.4) is 0 Å². The molecular formula is C10H18O2. The van der Waals surface area contributed by atoms with E-state index in [9.17, 15) is 10.2 Å². The number of hydrogen-bond donors (Lipinski definition) is 2. The third kappa shape index (κ3) is 6.21. The summed E-state index contributed by atoms with van der Waals surface area (Å²) >= 11 is 0. The molecule has 0 spiro atoms. The lowest BCUT2D eigenvalue weighted by Crippen LogP contribution is -2.23. The van der Waals surface area contributed by atoms with Crippen molar-refractivity contribution in [2.45, 2.75) is 51.7 Å². The average Bonchev–Trinajstić information content (AvgIpc) is 1.83. The average molecular weight is 170 g/mol. The van der Waals surface area contributed by atoms with Crippen LogP contribution in [0.4, 0.5) is 0 Å². The second-order valence-corrected chi connectivity index (χ2v) is 3.83. The van der Waals surface area contributed by atoms with Gasteiger partial charge < -0.3 is 10.2 Å². The van der Waals surface area contributed by atoms with Crippen LogP contribution in [-0.2, 0) is 0 Å². The maximum Gasteiger partial charge on any atom is 0.122 e. The van der Waals surface area contributed by atoms with Crippen LogP contribution in [0.25, 0.3) is 0 Å². The third-order valence-electron chi connectivity index (χ3n) is 1.37. The van der Waals surface area contributed by atoms with Gasteiger partial charge in [0.15, 0.2) is 0 Å². The predicted molar refractivity (Wildman–Crippen MR) is 49.6 cm³/mol. The highest BCUT2D eigenvalue weighted by Crippen LogP contribution is 2.10. The molecule has 0 amide bonds. The predicted octanol–water partition coefficient (Wildman–Crippen LogP) is 1.31. The van der Waals surface area contributed by atoms with E-state index in [1.54, 1.807) is 20.8 Å². The van der Waals surface area contributed by atoms with Crippen molar-refractivity contribution >= 4 is 0 Å². The Morgan fingerprint density at radius 1 is 1.08 bits per heavy atom. The van der Waals surface area contributed by atoms with Gasteiger partial charge in [0.05, 0.1) is 0 Å². The molecule has 0 aromatic heterocycles. The summed E-state index contributed by atoms with van der Waals surface area (Å²) in [5.74, 6) is 5.26. The Morgan fingerprint density at radius 2 is 1.58 bits per heavy atom. The summed E-state index contributed by atoms with van der Waals surface area (Å²) in [4.78, 5) is 0. The maximum atomic E-state index is 9.59. The van der Waals surface area contributed by atoms with E-state index in [1.165, 1.54) is 0 Å². The molecule has 2 heteroatoms. The maximum absolute atomic E-state index is 9.59. The number of hydrogen-bond acceptors (Lipinski definition) is 2. The molecule has 12 heavy (non-hydrogen) atoms. The summed E-state index contributed by atoms with van der Waals surface area (Å²) < 4.78 is 0.